The number of unbranched alkanes of at least 4 members (excludes halogenated alkanes) is 1. The lowest BCUT2D eigenvalue weighted by atomic mass is 10.0. The van der Waals surface area contributed by atoms with E-state index in [0.717, 1.165) is 18.4 Å². The molecule has 3 heteroatoms. The lowest BCUT2D eigenvalue weighted by Crippen LogP contribution is -2.07. The Morgan fingerprint density at radius 3 is 2.67 bits per heavy atom. The summed E-state index contributed by atoms with van der Waals surface area (Å²) in [6, 6.07) is 9.47. The van der Waals surface area contributed by atoms with Crippen LogP contribution in [0.1, 0.15) is 38.2 Å². The van der Waals surface area contributed by atoms with E-state index in [1.54, 1.807) is 0 Å². The third-order valence-corrected chi connectivity index (χ3v) is 2.65. The second kappa shape index (κ2) is 7.64. The normalized spacial score (nSPS) is 13.2. The molecule has 1 rings (SSSR count). The van der Waals surface area contributed by atoms with Gasteiger partial charge in [-0.05, 0) is 18.1 Å². The molecule has 0 aliphatic heterocycles. The van der Waals surface area contributed by atoms with Gasteiger partial charge in [-0.25, -0.2) is 4.79 Å². The molecule has 0 saturated heterocycles. The molecule has 0 fully saturated rings. The van der Waals surface area contributed by atoms with Crippen LogP contribution in [0.2, 0.25) is 0 Å². The second-order valence-corrected chi connectivity index (χ2v) is 4.20. The van der Waals surface area contributed by atoms with Gasteiger partial charge in [0.05, 0.1) is 6.61 Å². The Morgan fingerprint density at radius 1 is 1.39 bits per heavy atom. The van der Waals surface area contributed by atoms with Gasteiger partial charge in [0.1, 0.15) is 0 Å². The van der Waals surface area contributed by atoms with E-state index in [1.807, 2.05) is 44.2 Å². The topological polar surface area (TPSA) is 26.3 Å². The van der Waals surface area contributed by atoms with Crippen LogP contribution in [0.5, 0.6) is 0 Å². The smallest absolute Gasteiger partial charge is 0.366 e. The van der Waals surface area contributed by atoms with Crippen molar-refractivity contribution in [3.63, 3.8) is 0 Å². The minimum Gasteiger partial charge on any atom is -0.460 e. The van der Waals surface area contributed by atoms with Gasteiger partial charge in [0.25, 0.3) is 0 Å². The van der Waals surface area contributed by atoms with Gasteiger partial charge in [0.2, 0.25) is 5.83 Å². The predicted molar refractivity (Wildman–Crippen MR) is 69.9 cm³/mol. The van der Waals surface area contributed by atoms with E-state index in [9.17, 15) is 9.18 Å². The maximum atomic E-state index is 13.5. The van der Waals surface area contributed by atoms with Crippen LogP contribution in [0, 0.1) is 0 Å². The summed E-state index contributed by atoms with van der Waals surface area (Å²) in [5.41, 5.74) is 0.967. The van der Waals surface area contributed by atoms with E-state index in [-0.39, 0.29) is 12.5 Å². The Morgan fingerprint density at radius 2 is 2.06 bits per heavy atom. The van der Waals surface area contributed by atoms with Gasteiger partial charge in [-0.15, -0.1) is 0 Å². The van der Waals surface area contributed by atoms with E-state index < -0.39 is 11.8 Å². The summed E-state index contributed by atoms with van der Waals surface area (Å²) in [6.07, 6.45) is 2.97. The SMILES string of the molecule is CCCCOC(=O)/C(F)=C\C(C)c1ccccc1. The summed E-state index contributed by atoms with van der Waals surface area (Å²) in [5.74, 6) is -1.83. The predicted octanol–water partition coefficient (Wildman–Crippen LogP) is 3.99. The highest BCUT2D eigenvalue weighted by Gasteiger charge is 2.12. The highest BCUT2D eigenvalue weighted by Crippen LogP contribution is 2.18. The number of halogens is 1. The fraction of sp³-hybridized carbons (Fsp3) is 0.400. The summed E-state index contributed by atoms with van der Waals surface area (Å²) in [7, 11) is 0. The number of rotatable bonds is 6. The highest BCUT2D eigenvalue weighted by molar-refractivity contribution is 5.86. The van der Waals surface area contributed by atoms with Crippen molar-refractivity contribution < 1.29 is 13.9 Å². The molecule has 0 aliphatic rings. The van der Waals surface area contributed by atoms with Crippen molar-refractivity contribution in [3.8, 4) is 0 Å². The number of ether oxygens (including phenoxy) is 1. The Kier molecular flexibility index (Phi) is 6.12. The van der Waals surface area contributed by atoms with Crippen LogP contribution in [-0.2, 0) is 9.53 Å². The van der Waals surface area contributed by atoms with E-state index in [2.05, 4.69) is 0 Å². The van der Waals surface area contributed by atoms with Crippen LogP contribution in [0.15, 0.2) is 42.2 Å². The molecular formula is C15H19FO2. The third-order valence-electron chi connectivity index (χ3n) is 2.65. The maximum Gasteiger partial charge on any atom is 0.366 e. The second-order valence-electron chi connectivity index (χ2n) is 4.20. The number of carbonyl (C=O) groups is 1. The molecule has 0 saturated carbocycles. The molecule has 1 atom stereocenters. The van der Waals surface area contributed by atoms with Crippen molar-refractivity contribution in [3.05, 3.63) is 47.8 Å². The van der Waals surface area contributed by atoms with Crippen LogP contribution in [0.4, 0.5) is 4.39 Å². The molecule has 0 heterocycles. The van der Waals surface area contributed by atoms with Crippen LogP contribution in [0.3, 0.4) is 0 Å². The summed E-state index contributed by atoms with van der Waals surface area (Å²) < 4.78 is 18.3. The summed E-state index contributed by atoms with van der Waals surface area (Å²) in [6.45, 7) is 4.10. The molecule has 1 aromatic carbocycles. The summed E-state index contributed by atoms with van der Waals surface area (Å²) in [5, 5.41) is 0. The largest absolute Gasteiger partial charge is 0.460 e. The molecular weight excluding hydrogens is 231 g/mol. The third kappa shape index (κ3) is 4.70. The van der Waals surface area contributed by atoms with Gasteiger partial charge in [-0.2, -0.15) is 4.39 Å². The van der Waals surface area contributed by atoms with Crippen molar-refractivity contribution in [1.82, 2.24) is 0 Å². The molecule has 0 aliphatic carbocycles. The molecule has 1 aromatic rings. The standard InChI is InChI=1S/C15H19FO2/c1-3-4-10-18-15(17)14(16)11-12(2)13-8-6-5-7-9-13/h5-9,11-12H,3-4,10H2,1-2H3/b14-11+. The fourth-order valence-electron chi connectivity index (χ4n) is 1.52. The van der Waals surface area contributed by atoms with Gasteiger partial charge in [0.15, 0.2) is 0 Å². The number of hydrogen-bond acceptors (Lipinski definition) is 2. The zero-order valence-corrected chi connectivity index (χ0v) is 10.9. The number of esters is 1. The van der Waals surface area contributed by atoms with E-state index in [0.29, 0.717) is 0 Å². The van der Waals surface area contributed by atoms with Gasteiger partial charge in [0, 0.05) is 5.92 Å². The Balaban J connectivity index is 2.57. The molecule has 0 radical (unpaired) electrons. The fourth-order valence-corrected chi connectivity index (χ4v) is 1.52. The summed E-state index contributed by atoms with van der Waals surface area (Å²) >= 11 is 0. The molecule has 0 bridgehead atoms. The molecule has 18 heavy (non-hydrogen) atoms. The van der Waals surface area contributed by atoms with Gasteiger partial charge < -0.3 is 4.74 Å². The van der Waals surface area contributed by atoms with Gasteiger partial charge in [-0.3, -0.25) is 0 Å². The summed E-state index contributed by atoms with van der Waals surface area (Å²) in [4.78, 5) is 11.3. The highest BCUT2D eigenvalue weighted by atomic mass is 19.1. The number of hydrogen-bond donors (Lipinski definition) is 0. The first-order valence-corrected chi connectivity index (χ1v) is 6.24. The number of carbonyl (C=O) groups excluding carboxylic acids is 1. The first kappa shape index (κ1) is 14.4. The Labute approximate surface area is 107 Å². The molecule has 0 spiro atoms. The average Bonchev–Trinajstić information content (AvgIpc) is 2.39. The number of allylic oxidation sites excluding steroid dienone is 1. The zero-order chi connectivity index (χ0) is 13.4. The average molecular weight is 250 g/mol. The van der Waals surface area contributed by atoms with Gasteiger partial charge in [-0.1, -0.05) is 50.6 Å². The molecule has 2 nitrogen and oxygen atoms in total. The Bertz CT molecular complexity index is 398. The maximum absolute atomic E-state index is 13.5. The van der Waals surface area contributed by atoms with E-state index >= 15 is 0 Å². The van der Waals surface area contributed by atoms with Crippen LogP contribution in [0.25, 0.3) is 0 Å². The minimum atomic E-state index is -0.869. The van der Waals surface area contributed by atoms with Crippen molar-refractivity contribution in [2.45, 2.75) is 32.6 Å². The van der Waals surface area contributed by atoms with E-state index in [4.69, 9.17) is 4.74 Å². The molecule has 0 amide bonds. The molecule has 98 valence electrons. The lowest BCUT2D eigenvalue weighted by molar-refractivity contribution is -0.140. The van der Waals surface area contributed by atoms with E-state index in [1.165, 1.54) is 6.08 Å². The zero-order valence-electron chi connectivity index (χ0n) is 10.9. The molecule has 0 aromatic heterocycles. The molecule has 0 N–H and O–H groups in total. The number of benzene rings is 1. The first-order valence-electron chi connectivity index (χ1n) is 6.24. The van der Waals surface area contributed by atoms with Crippen molar-refractivity contribution >= 4 is 5.97 Å². The van der Waals surface area contributed by atoms with Crippen molar-refractivity contribution in [2.75, 3.05) is 6.61 Å². The van der Waals surface area contributed by atoms with Crippen molar-refractivity contribution in [2.24, 2.45) is 0 Å². The quantitative estimate of drug-likeness (QED) is 0.433. The lowest BCUT2D eigenvalue weighted by Gasteiger charge is -2.07. The monoisotopic (exact) mass is 250 g/mol. The van der Waals surface area contributed by atoms with Crippen molar-refractivity contribution in [1.29, 1.82) is 0 Å². The van der Waals surface area contributed by atoms with Crippen LogP contribution >= 0.6 is 0 Å². The molecule has 1 unspecified atom stereocenters. The van der Waals surface area contributed by atoms with Crippen LogP contribution < -0.4 is 0 Å². The minimum absolute atomic E-state index is 0.148. The van der Waals surface area contributed by atoms with Crippen LogP contribution in [-0.4, -0.2) is 12.6 Å². The first-order chi connectivity index (χ1) is 8.65. The van der Waals surface area contributed by atoms with Gasteiger partial charge >= 0.3 is 5.97 Å². The Hall–Kier alpha value is -1.64.